The molecule has 4 N–H and O–H groups in total. The molecule has 0 saturated carbocycles. The largest absolute Gasteiger partial charge is 0.356 e. The zero-order valence-corrected chi connectivity index (χ0v) is 13.5. The maximum atomic E-state index is 12.0. The smallest absolute Gasteiger partial charge is 0.315 e. The van der Waals surface area contributed by atoms with Crippen molar-refractivity contribution in [1.29, 1.82) is 0 Å². The van der Waals surface area contributed by atoms with E-state index in [4.69, 9.17) is 0 Å². The van der Waals surface area contributed by atoms with Gasteiger partial charge in [-0.2, -0.15) is 0 Å². The van der Waals surface area contributed by atoms with E-state index in [1.807, 2.05) is 18.3 Å². The van der Waals surface area contributed by atoms with Crippen molar-refractivity contribution in [2.45, 2.75) is 38.3 Å². The topological polar surface area (TPSA) is 81.3 Å². The maximum absolute atomic E-state index is 12.0. The van der Waals surface area contributed by atoms with Crippen molar-refractivity contribution >= 4 is 11.8 Å². The van der Waals surface area contributed by atoms with Gasteiger partial charge in [-0.1, -0.05) is 6.07 Å². The first kappa shape index (κ1) is 16.0. The number of carbonyl (C=O) groups is 1. The highest BCUT2D eigenvalue weighted by molar-refractivity contribution is 5.74. The highest BCUT2D eigenvalue weighted by Gasteiger charge is 2.17. The first-order valence-electron chi connectivity index (χ1n) is 8.52. The van der Waals surface area contributed by atoms with E-state index < -0.39 is 0 Å². The number of hydrazine groups is 1. The van der Waals surface area contributed by atoms with Gasteiger partial charge in [0, 0.05) is 50.5 Å². The molecule has 1 unspecified atom stereocenters. The Hall–Kier alpha value is -1.86. The molecule has 0 aromatic carbocycles. The number of nitrogens with zero attached hydrogens (tertiary/aromatic N) is 2. The number of hydrogen-bond acceptors (Lipinski definition) is 5. The van der Waals surface area contributed by atoms with Gasteiger partial charge in [0.05, 0.1) is 0 Å². The van der Waals surface area contributed by atoms with E-state index in [9.17, 15) is 4.79 Å². The lowest BCUT2D eigenvalue weighted by Gasteiger charge is -2.29. The van der Waals surface area contributed by atoms with Crippen molar-refractivity contribution in [3.05, 3.63) is 23.9 Å². The summed E-state index contributed by atoms with van der Waals surface area (Å²) in [6, 6.07) is 4.14. The zero-order chi connectivity index (χ0) is 15.9. The number of carbonyl (C=O) groups excluding carboxylic acids is 1. The van der Waals surface area contributed by atoms with Gasteiger partial charge in [-0.25, -0.2) is 9.78 Å². The Balaban J connectivity index is 1.50. The molecule has 7 nitrogen and oxygen atoms in total. The molecular formula is C16H26N6O. The Bertz CT molecular complexity index is 511. The standard InChI is InChI=1S/C16H26N6O/c23-16(19-12-14-6-8-20-21-14)18-11-13-5-4-7-17-15(13)22-9-2-1-3-10-22/h4-5,7,14,20-21H,1-3,6,8-12H2,(H2,18,19,23). The van der Waals surface area contributed by atoms with Crippen LogP contribution in [0.4, 0.5) is 10.6 Å². The Morgan fingerprint density at radius 2 is 2.17 bits per heavy atom. The van der Waals surface area contributed by atoms with E-state index >= 15 is 0 Å². The monoisotopic (exact) mass is 318 g/mol. The first-order valence-corrected chi connectivity index (χ1v) is 8.52. The van der Waals surface area contributed by atoms with Crippen LogP contribution >= 0.6 is 0 Å². The third kappa shape index (κ3) is 4.56. The van der Waals surface area contributed by atoms with Crippen molar-refractivity contribution in [3.8, 4) is 0 Å². The van der Waals surface area contributed by atoms with Crippen LogP contribution in [0.5, 0.6) is 0 Å². The predicted molar refractivity (Wildman–Crippen MR) is 90.1 cm³/mol. The van der Waals surface area contributed by atoms with Crippen LogP contribution in [0, 0.1) is 0 Å². The second kappa shape index (κ2) is 8.12. The third-order valence-electron chi connectivity index (χ3n) is 4.40. The Morgan fingerprint density at radius 1 is 1.30 bits per heavy atom. The molecule has 2 aliphatic rings. The molecular weight excluding hydrogens is 292 g/mol. The summed E-state index contributed by atoms with van der Waals surface area (Å²) in [5.41, 5.74) is 7.27. The summed E-state index contributed by atoms with van der Waals surface area (Å²) in [6.07, 6.45) is 6.58. The number of hydrogen-bond donors (Lipinski definition) is 4. The zero-order valence-electron chi connectivity index (χ0n) is 13.5. The quantitative estimate of drug-likeness (QED) is 0.644. The van der Waals surface area contributed by atoms with E-state index in [1.165, 1.54) is 19.3 Å². The summed E-state index contributed by atoms with van der Waals surface area (Å²) < 4.78 is 0. The van der Waals surface area contributed by atoms with E-state index in [-0.39, 0.29) is 6.03 Å². The summed E-state index contributed by atoms with van der Waals surface area (Å²) in [5, 5.41) is 5.84. The Morgan fingerprint density at radius 3 is 2.96 bits per heavy atom. The molecule has 1 atom stereocenters. The minimum Gasteiger partial charge on any atom is -0.356 e. The van der Waals surface area contributed by atoms with E-state index in [2.05, 4.69) is 31.4 Å². The summed E-state index contributed by atoms with van der Waals surface area (Å²) in [5.74, 6) is 1.01. The molecule has 126 valence electrons. The fraction of sp³-hybridized carbons (Fsp3) is 0.625. The van der Waals surface area contributed by atoms with Crippen molar-refractivity contribution in [2.75, 3.05) is 31.1 Å². The highest BCUT2D eigenvalue weighted by atomic mass is 16.2. The van der Waals surface area contributed by atoms with Crippen molar-refractivity contribution in [3.63, 3.8) is 0 Å². The van der Waals surface area contributed by atoms with Crippen LogP contribution in [-0.2, 0) is 6.54 Å². The predicted octanol–water partition coefficient (Wildman–Crippen LogP) is 0.738. The van der Waals surface area contributed by atoms with Gasteiger partial charge in [-0.05, 0) is 31.7 Å². The van der Waals surface area contributed by atoms with Gasteiger partial charge in [0.15, 0.2) is 0 Å². The van der Waals surface area contributed by atoms with E-state index in [0.29, 0.717) is 19.1 Å². The van der Waals surface area contributed by atoms with Crippen LogP contribution < -0.4 is 26.4 Å². The number of rotatable bonds is 5. The number of pyridine rings is 1. The summed E-state index contributed by atoms with van der Waals surface area (Å²) in [7, 11) is 0. The second-order valence-electron chi connectivity index (χ2n) is 6.15. The molecule has 0 spiro atoms. The molecule has 23 heavy (non-hydrogen) atoms. The highest BCUT2D eigenvalue weighted by Crippen LogP contribution is 2.21. The van der Waals surface area contributed by atoms with Crippen LogP contribution in [0.1, 0.15) is 31.2 Å². The second-order valence-corrected chi connectivity index (χ2v) is 6.15. The lowest BCUT2D eigenvalue weighted by Crippen LogP contribution is -2.43. The molecule has 3 heterocycles. The minimum atomic E-state index is -0.132. The lowest BCUT2D eigenvalue weighted by molar-refractivity contribution is 0.239. The third-order valence-corrected chi connectivity index (χ3v) is 4.40. The normalized spacial score (nSPS) is 21.2. The Kier molecular flexibility index (Phi) is 5.65. The lowest BCUT2D eigenvalue weighted by atomic mass is 10.1. The van der Waals surface area contributed by atoms with E-state index in [0.717, 1.165) is 37.4 Å². The van der Waals surface area contributed by atoms with Gasteiger partial charge in [0.25, 0.3) is 0 Å². The first-order chi connectivity index (χ1) is 11.3. The average molecular weight is 318 g/mol. The molecule has 3 rings (SSSR count). The van der Waals surface area contributed by atoms with Gasteiger partial charge in [0.2, 0.25) is 0 Å². The summed E-state index contributed by atoms with van der Waals surface area (Å²) in [4.78, 5) is 18.8. The van der Waals surface area contributed by atoms with Crippen LogP contribution in [0.3, 0.4) is 0 Å². The minimum absolute atomic E-state index is 0.132. The molecule has 2 amide bonds. The van der Waals surface area contributed by atoms with Crippen LogP contribution in [0.2, 0.25) is 0 Å². The molecule has 0 radical (unpaired) electrons. The molecule has 2 aliphatic heterocycles. The van der Waals surface area contributed by atoms with Gasteiger partial charge >= 0.3 is 6.03 Å². The molecule has 7 heteroatoms. The fourth-order valence-corrected chi connectivity index (χ4v) is 3.10. The molecule has 2 saturated heterocycles. The fourth-order valence-electron chi connectivity index (χ4n) is 3.10. The van der Waals surface area contributed by atoms with Crippen LogP contribution in [0.15, 0.2) is 18.3 Å². The molecule has 2 fully saturated rings. The number of amides is 2. The number of piperidine rings is 1. The Labute approximate surface area is 137 Å². The number of anilines is 1. The molecule has 1 aromatic heterocycles. The van der Waals surface area contributed by atoms with Crippen molar-refractivity contribution < 1.29 is 4.79 Å². The van der Waals surface area contributed by atoms with Crippen LogP contribution in [0.25, 0.3) is 0 Å². The van der Waals surface area contributed by atoms with Crippen LogP contribution in [-0.4, -0.2) is 43.2 Å². The maximum Gasteiger partial charge on any atom is 0.315 e. The van der Waals surface area contributed by atoms with Gasteiger partial charge < -0.3 is 15.5 Å². The SMILES string of the molecule is O=C(NCc1cccnc1N1CCCCC1)NCC1CCNN1. The molecule has 0 aliphatic carbocycles. The van der Waals surface area contributed by atoms with Gasteiger partial charge in [0.1, 0.15) is 5.82 Å². The van der Waals surface area contributed by atoms with E-state index in [1.54, 1.807) is 0 Å². The summed E-state index contributed by atoms with van der Waals surface area (Å²) in [6.45, 7) is 4.18. The van der Waals surface area contributed by atoms with Crippen molar-refractivity contribution in [2.24, 2.45) is 0 Å². The van der Waals surface area contributed by atoms with Gasteiger partial charge in [-0.15, -0.1) is 0 Å². The molecule has 0 bridgehead atoms. The number of aromatic nitrogens is 1. The number of nitrogens with one attached hydrogen (secondary N) is 4. The number of urea groups is 1. The molecule has 1 aromatic rings. The summed E-state index contributed by atoms with van der Waals surface area (Å²) >= 11 is 0. The average Bonchev–Trinajstić information content (AvgIpc) is 3.13. The van der Waals surface area contributed by atoms with Crippen molar-refractivity contribution in [1.82, 2.24) is 26.5 Å². The van der Waals surface area contributed by atoms with Gasteiger partial charge in [-0.3, -0.25) is 10.9 Å².